The van der Waals surface area contributed by atoms with Gasteiger partial charge in [0.2, 0.25) is 0 Å². The number of halogens is 6. The fraction of sp³-hybridized carbons (Fsp3) is 0.667. The van der Waals surface area contributed by atoms with Gasteiger partial charge in [-0.2, -0.15) is 34.8 Å². The van der Waals surface area contributed by atoms with Crippen LogP contribution in [0, 0.1) is 0 Å². The summed E-state index contributed by atoms with van der Waals surface area (Å²) in [5.74, 6) is -2.50. The minimum absolute atomic E-state index is 0.0132. The zero-order valence-corrected chi connectivity index (χ0v) is 20.9. The van der Waals surface area contributed by atoms with E-state index in [0.717, 1.165) is 6.07 Å². The molecular weight excluding hydrogens is 524 g/mol. The molecule has 15 heteroatoms. The van der Waals surface area contributed by atoms with Gasteiger partial charge in [-0.3, -0.25) is 0 Å². The fourth-order valence-electron chi connectivity index (χ4n) is 3.08. The van der Waals surface area contributed by atoms with Crippen LogP contribution >= 0.6 is 0 Å². The molecular formula is C21H27F6NO7S. The number of ether oxygens (including phenoxy) is 3. The SMILES string of the molecule is CC(C)(C)OC(=O)NC1(CCc2ccc(OS(=O)(=O)C(F)(F)F)c(C(F)(F)F)c2)COC(C)(C)OC1. The first-order valence-corrected chi connectivity index (χ1v) is 12.0. The highest BCUT2D eigenvalue weighted by Gasteiger charge is 2.50. The zero-order chi connectivity index (χ0) is 27.8. The van der Waals surface area contributed by atoms with E-state index >= 15 is 0 Å². The van der Waals surface area contributed by atoms with Crippen LogP contribution in [0.15, 0.2) is 18.2 Å². The molecule has 0 radical (unpaired) electrons. The van der Waals surface area contributed by atoms with Gasteiger partial charge < -0.3 is 23.7 Å². The predicted octanol–water partition coefficient (Wildman–Crippen LogP) is 4.91. The van der Waals surface area contributed by atoms with E-state index in [2.05, 4.69) is 9.50 Å². The van der Waals surface area contributed by atoms with Gasteiger partial charge in [0.1, 0.15) is 5.60 Å². The number of aryl methyl sites for hydroxylation is 1. The molecule has 1 aromatic carbocycles. The lowest BCUT2D eigenvalue weighted by Crippen LogP contribution is -2.61. The maximum absolute atomic E-state index is 13.5. The first-order valence-electron chi connectivity index (χ1n) is 10.5. The number of alkyl halides is 6. The van der Waals surface area contributed by atoms with Crippen molar-refractivity contribution in [3.8, 4) is 5.75 Å². The molecule has 8 nitrogen and oxygen atoms in total. The van der Waals surface area contributed by atoms with Gasteiger partial charge in [-0.25, -0.2) is 4.79 Å². The van der Waals surface area contributed by atoms with E-state index in [1.54, 1.807) is 34.6 Å². The standard InChI is InChI=1S/C21H27F6NO7S/c1-17(2,3)34-16(29)28-19(11-32-18(4,5)33-12-19)9-8-13-6-7-15(14(10-13)20(22,23)24)35-36(30,31)21(25,26)27/h6-7,10H,8-9,11-12H2,1-5H3,(H,28,29). The number of hydrogen-bond donors (Lipinski definition) is 1. The van der Waals surface area contributed by atoms with Crippen LogP contribution in [0.4, 0.5) is 31.1 Å². The van der Waals surface area contributed by atoms with Gasteiger partial charge in [0.15, 0.2) is 11.5 Å². The summed E-state index contributed by atoms with van der Waals surface area (Å²) in [6.07, 6.45) is -6.18. The van der Waals surface area contributed by atoms with Crippen LogP contribution in [0.1, 0.15) is 52.2 Å². The molecule has 0 spiro atoms. The molecule has 1 saturated heterocycles. The average molecular weight is 552 g/mol. The van der Waals surface area contributed by atoms with Crippen molar-refractivity contribution >= 4 is 16.2 Å². The van der Waals surface area contributed by atoms with Crippen LogP contribution in [-0.4, -0.2) is 50.2 Å². The lowest BCUT2D eigenvalue weighted by atomic mass is 9.91. The van der Waals surface area contributed by atoms with E-state index in [1.807, 2.05) is 0 Å². The molecule has 0 bridgehead atoms. The number of hydrogen-bond acceptors (Lipinski definition) is 7. The van der Waals surface area contributed by atoms with Crippen LogP contribution in [0.5, 0.6) is 5.75 Å². The Kier molecular flexibility index (Phi) is 8.24. The topological polar surface area (TPSA) is 100 Å². The van der Waals surface area contributed by atoms with Crippen molar-refractivity contribution in [2.45, 2.75) is 76.1 Å². The lowest BCUT2D eigenvalue weighted by molar-refractivity contribution is -0.271. The molecule has 1 aromatic rings. The zero-order valence-electron chi connectivity index (χ0n) is 20.1. The molecule has 2 rings (SSSR count). The summed E-state index contributed by atoms with van der Waals surface area (Å²) in [7, 11) is -6.32. The largest absolute Gasteiger partial charge is 0.534 e. The Morgan fingerprint density at radius 1 is 1.06 bits per heavy atom. The first kappa shape index (κ1) is 30.0. The third kappa shape index (κ3) is 8.13. The summed E-state index contributed by atoms with van der Waals surface area (Å²) in [4.78, 5) is 12.4. The molecule has 0 aliphatic carbocycles. The Morgan fingerprint density at radius 2 is 1.61 bits per heavy atom. The Hall–Kier alpha value is -2.26. The second-order valence-corrected chi connectivity index (χ2v) is 11.2. The smallest absolute Gasteiger partial charge is 0.444 e. The molecule has 206 valence electrons. The summed E-state index contributed by atoms with van der Waals surface area (Å²) in [6, 6.07) is 1.97. The maximum atomic E-state index is 13.5. The van der Waals surface area contributed by atoms with Crippen LogP contribution in [-0.2, 0) is 36.9 Å². The number of carbonyl (C=O) groups is 1. The first-order chi connectivity index (χ1) is 16.0. The van der Waals surface area contributed by atoms with Crippen molar-refractivity contribution in [2.24, 2.45) is 0 Å². The second-order valence-electron chi connectivity index (χ2n) is 9.70. The summed E-state index contributed by atoms with van der Waals surface area (Å²) in [6.45, 7) is 8.03. The number of amides is 1. The Bertz CT molecular complexity index is 1050. The minimum Gasteiger partial charge on any atom is -0.444 e. The van der Waals surface area contributed by atoms with Crippen LogP contribution in [0.25, 0.3) is 0 Å². The molecule has 1 aliphatic heterocycles. The molecule has 1 aliphatic rings. The van der Waals surface area contributed by atoms with E-state index in [0.29, 0.717) is 12.1 Å². The van der Waals surface area contributed by atoms with Crippen molar-refractivity contribution < 1.29 is 57.9 Å². The molecule has 1 fully saturated rings. The number of carbonyl (C=O) groups excluding carboxylic acids is 1. The molecule has 1 heterocycles. The van der Waals surface area contributed by atoms with Gasteiger partial charge in [0.05, 0.1) is 24.3 Å². The number of nitrogens with one attached hydrogen (secondary N) is 1. The number of rotatable bonds is 6. The predicted molar refractivity (Wildman–Crippen MR) is 113 cm³/mol. The highest BCUT2D eigenvalue weighted by atomic mass is 32.2. The monoisotopic (exact) mass is 551 g/mol. The second kappa shape index (κ2) is 9.89. The highest BCUT2D eigenvalue weighted by Crippen LogP contribution is 2.39. The van der Waals surface area contributed by atoms with Gasteiger partial charge >= 0.3 is 27.9 Å². The summed E-state index contributed by atoms with van der Waals surface area (Å²) < 4.78 is 121. The lowest BCUT2D eigenvalue weighted by Gasteiger charge is -2.44. The number of benzene rings is 1. The molecule has 1 N–H and O–H groups in total. The molecule has 36 heavy (non-hydrogen) atoms. The molecule has 0 unspecified atom stereocenters. The quantitative estimate of drug-likeness (QED) is 0.305. The van der Waals surface area contributed by atoms with E-state index in [1.165, 1.54) is 0 Å². The summed E-state index contributed by atoms with van der Waals surface area (Å²) in [5.41, 5.74) is -9.68. The molecule has 0 aromatic heterocycles. The minimum atomic E-state index is -6.32. The van der Waals surface area contributed by atoms with Gasteiger partial charge in [-0.05, 0) is 65.2 Å². The van der Waals surface area contributed by atoms with Crippen molar-refractivity contribution in [3.63, 3.8) is 0 Å². The van der Waals surface area contributed by atoms with Crippen molar-refractivity contribution in [3.05, 3.63) is 29.3 Å². The van der Waals surface area contributed by atoms with Crippen molar-refractivity contribution in [1.82, 2.24) is 5.32 Å². The average Bonchev–Trinajstić information content (AvgIpc) is 2.66. The van der Waals surface area contributed by atoms with Gasteiger partial charge in [-0.1, -0.05) is 6.07 Å². The molecule has 0 saturated carbocycles. The van der Waals surface area contributed by atoms with E-state index < -0.39 is 56.1 Å². The van der Waals surface area contributed by atoms with Crippen molar-refractivity contribution in [1.29, 1.82) is 0 Å². The number of alkyl carbamates (subject to hydrolysis) is 1. The van der Waals surface area contributed by atoms with Crippen molar-refractivity contribution in [2.75, 3.05) is 13.2 Å². The van der Waals surface area contributed by atoms with Crippen LogP contribution < -0.4 is 9.50 Å². The highest BCUT2D eigenvalue weighted by molar-refractivity contribution is 7.88. The maximum Gasteiger partial charge on any atom is 0.534 e. The Balaban J connectivity index is 2.31. The van der Waals surface area contributed by atoms with Gasteiger partial charge in [-0.15, -0.1) is 0 Å². The Labute approximate surface area is 204 Å². The molecule has 1 amide bonds. The van der Waals surface area contributed by atoms with Gasteiger partial charge in [0, 0.05) is 0 Å². The van der Waals surface area contributed by atoms with E-state index in [-0.39, 0.29) is 31.6 Å². The summed E-state index contributed by atoms with van der Waals surface area (Å²) >= 11 is 0. The Morgan fingerprint density at radius 3 is 2.08 bits per heavy atom. The van der Waals surface area contributed by atoms with Crippen LogP contribution in [0.3, 0.4) is 0 Å². The normalized spacial score (nSPS) is 18.4. The molecule has 0 atom stereocenters. The van der Waals surface area contributed by atoms with Gasteiger partial charge in [0.25, 0.3) is 0 Å². The van der Waals surface area contributed by atoms with E-state index in [9.17, 15) is 39.6 Å². The van der Waals surface area contributed by atoms with E-state index in [4.69, 9.17) is 14.2 Å². The van der Waals surface area contributed by atoms with Crippen LogP contribution in [0.2, 0.25) is 0 Å². The third-order valence-corrected chi connectivity index (χ3v) is 5.85. The third-order valence-electron chi connectivity index (χ3n) is 4.88. The summed E-state index contributed by atoms with van der Waals surface area (Å²) in [5, 5.41) is 2.64. The fourth-order valence-corrected chi connectivity index (χ4v) is 3.56.